The highest BCUT2D eigenvalue weighted by atomic mass is 32.1. The lowest BCUT2D eigenvalue weighted by molar-refractivity contribution is 0.0940. The average Bonchev–Trinajstić information content (AvgIpc) is 2.84. The Balaban J connectivity index is 2.02. The van der Waals surface area contributed by atoms with Gasteiger partial charge in [0, 0.05) is 23.0 Å². The van der Waals surface area contributed by atoms with Crippen molar-refractivity contribution < 1.29 is 9.18 Å². The van der Waals surface area contributed by atoms with Gasteiger partial charge in [0.1, 0.15) is 5.82 Å². The van der Waals surface area contributed by atoms with Crippen LogP contribution in [0.4, 0.5) is 10.1 Å². The number of halogens is 1. The van der Waals surface area contributed by atoms with E-state index in [1.807, 2.05) is 24.4 Å². The SMILES string of the molecule is CC(Cc1cccs1)NC(=O)c1cc(F)ccc1N. The number of hydrogen-bond acceptors (Lipinski definition) is 3. The summed E-state index contributed by atoms with van der Waals surface area (Å²) in [4.78, 5) is 13.2. The molecular formula is C14H15FN2OS. The largest absolute Gasteiger partial charge is 0.398 e. The summed E-state index contributed by atoms with van der Waals surface area (Å²) in [7, 11) is 0. The topological polar surface area (TPSA) is 55.1 Å². The molecule has 1 amide bonds. The van der Waals surface area contributed by atoms with Crippen LogP contribution < -0.4 is 11.1 Å². The van der Waals surface area contributed by atoms with Crippen molar-refractivity contribution in [3.63, 3.8) is 0 Å². The van der Waals surface area contributed by atoms with Gasteiger partial charge in [-0.25, -0.2) is 4.39 Å². The fourth-order valence-electron chi connectivity index (χ4n) is 1.81. The molecule has 0 saturated carbocycles. The molecule has 0 aliphatic heterocycles. The number of amides is 1. The van der Waals surface area contributed by atoms with Crippen molar-refractivity contribution in [2.24, 2.45) is 0 Å². The van der Waals surface area contributed by atoms with Crippen LogP contribution in [0.5, 0.6) is 0 Å². The Morgan fingerprint density at radius 2 is 2.26 bits per heavy atom. The number of anilines is 1. The van der Waals surface area contributed by atoms with E-state index in [1.165, 1.54) is 17.0 Å². The van der Waals surface area contributed by atoms with E-state index < -0.39 is 5.82 Å². The van der Waals surface area contributed by atoms with Gasteiger partial charge >= 0.3 is 0 Å². The Morgan fingerprint density at radius 3 is 2.95 bits per heavy atom. The summed E-state index contributed by atoms with van der Waals surface area (Å²) in [5.41, 5.74) is 6.14. The minimum absolute atomic E-state index is 0.0335. The van der Waals surface area contributed by atoms with Gasteiger partial charge in [-0.05, 0) is 36.6 Å². The van der Waals surface area contributed by atoms with Gasteiger partial charge in [0.15, 0.2) is 0 Å². The van der Waals surface area contributed by atoms with E-state index in [4.69, 9.17) is 5.73 Å². The van der Waals surface area contributed by atoms with E-state index in [0.29, 0.717) is 0 Å². The fraction of sp³-hybridized carbons (Fsp3) is 0.214. The van der Waals surface area contributed by atoms with Crippen molar-refractivity contribution in [1.29, 1.82) is 0 Å². The van der Waals surface area contributed by atoms with Gasteiger partial charge in [0.2, 0.25) is 0 Å². The molecule has 1 atom stereocenters. The van der Waals surface area contributed by atoms with Crippen LogP contribution in [0.1, 0.15) is 22.2 Å². The molecule has 1 unspecified atom stereocenters. The summed E-state index contributed by atoms with van der Waals surface area (Å²) in [6.07, 6.45) is 0.749. The second kappa shape index (κ2) is 5.84. The van der Waals surface area contributed by atoms with Crippen molar-refractivity contribution in [1.82, 2.24) is 5.32 Å². The van der Waals surface area contributed by atoms with Gasteiger partial charge in [-0.3, -0.25) is 4.79 Å². The van der Waals surface area contributed by atoms with Gasteiger partial charge in [-0.2, -0.15) is 0 Å². The molecular weight excluding hydrogens is 263 g/mol. The lowest BCUT2D eigenvalue weighted by Gasteiger charge is -2.14. The first-order chi connectivity index (χ1) is 9.06. The average molecular weight is 278 g/mol. The van der Waals surface area contributed by atoms with E-state index in [1.54, 1.807) is 11.3 Å². The zero-order valence-corrected chi connectivity index (χ0v) is 11.3. The van der Waals surface area contributed by atoms with Gasteiger partial charge < -0.3 is 11.1 Å². The van der Waals surface area contributed by atoms with Crippen molar-refractivity contribution in [3.05, 3.63) is 52.0 Å². The van der Waals surface area contributed by atoms with Crippen LogP contribution in [0.15, 0.2) is 35.7 Å². The highest BCUT2D eigenvalue weighted by Gasteiger charge is 2.14. The molecule has 0 saturated heterocycles. The molecule has 1 heterocycles. The maximum Gasteiger partial charge on any atom is 0.253 e. The smallest absolute Gasteiger partial charge is 0.253 e. The van der Waals surface area contributed by atoms with Gasteiger partial charge in [0.05, 0.1) is 5.56 Å². The van der Waals surface area contributed by atoms with Gasteiger partial charge in [-0.1, -0.05) is 6.07 Å². The number of nitrogens with two attached hydrogens (primary N) is 1. The fourth-order valence-corrected chi connectivity index (χ4v) is 2.64. The van der Waals surface area contributed by atoms with Crippen LogP contribution in [0.2, 0.25) is 0 Å². The monoisotopic (exact) mass is 278 g/mol. The number of benzene rings is 1. The summed E-state index contributed by atoms with van der Waals surface area (Å²) >= 11 is 1.64. The molecule has 100 valence electrons. The van der Waals surface area contributed by atoms with Crippen molar-refractivity contribution in [3.8, 4) is 0 Å². The Morgan fingerprint density at radius 1 is 1.47 bits per heavy atom. The molecule has 0 radical (unpaired) electrons. The minimum atomic E-state index is -0.467. The standard InChI is InChI=1S/C14H15FN2OS/c1-9(7-11-3-2-6-19-11)17-14(18)12-8-10(15)4-5-13(12)16/h2-6,8-9H,7,16H2,1H3,(H,17,18). The number of carbonyl (C=O) groups is 1. The summed E-state index contributed by atoms with van der Waals surface area (Å²) in [6, 6.07) is 7.75. The van der Waals surface area contributed by atoms with Crippen LogP contribution in [0.25, 0.3) is 0 Å². The molecule has 0 spiro atoms. The summed E-state index contributed by atoms with van der Waals surface area (Å²) in [5, 5.41) is 4.82. The third kappa shape index (κ3) is 3.54. The Bertz CT molecular complexity index is 569. The van der Waals surface area contributed by atoms with E-state index in [0.717, 1.165) is 12.5 Å². The number of hydrogen-bond donors (Lipinski definition) is 2. The van der Waals surface area contributed by atoms with E-state index in [-0.39, 0.29) is 23.2 Å². The van der Waals surface area contributed by atoms with E-state index in [9.17, 15) is 9.18 Å². The molecule has 2 rings (SSSR count). The first-order valence-electron chi connectivity index (χ1n) is 5.94. The Kier molecular flexibility index (Phi) is 4.16. The summed E-state index contributed by atoms with van der Waals surface area (Å²) in [5.74, 6) is -0.814. The number of thiophene rings is 1. The number of nitrogen functional groups attached to an aromatic ring is 1. The molecule has 2 aromatic rings. The first-order valence-corrected chi connectivity index (χ1v) is 6.82. The summed E-state index contributed by atoms with van der Waals surface area (Å²) in [6.45, 7) is 1.91. The lowest BCUT2D eigenvalue weighted by atomic mass is 10.1. The molecule has 0 fully saturated rings. The molecule has 3 N–H and O–H groups in total. The number of rotatable bonds is 4. The zero-order valence-electron chi connectivity index (χ0n) is 10.5. The molecule has 0 bridgehead atoms. The second-order valence-electron chi connectivity index (χ2n) is 4.39. The molecule has 3 nitrogen and oxygen atoms in total. The molecule has 0 aliphatic rings. The molecule has 0 aliphatic carbocycles. The molecule has 1 aromatic carbocycles. The molecule has 19 heavy (non-hydrogen) atoms. The number of carbonyl (C=O) groups excluding carboxylic acids is 1. The highest BCUT2D eigenvalue weighted by Crippen LogP contribution is 2.15. The normalized spacial score (nSPS) is 12.1. The predicted molar refractivity (Wildman–Crippen MR) is 75.8 cm³/mol. The van der Waals surface area contributed by atoms with Crippen LogP contribution >= 0.6 is 11.3 Å². The van der Waals surface area contributed by atoms with Crippen LogP contribution in [-0.2, 0) is 6.42 Å². The third-order valence-corrected chi connectivity index (χ3v) is 3.62. The maximum atomic E-state index is 13.1. The van der Waals surface area contributed by atoms with Crippen LogP contribution in [0.3, 0.4) is 0 Å². The molecule has 1 aromatic heterocycles. The van der Waals surface area contributed by atoms with E-state index in [2.05, 4.69) is 5.32 Å². The number of nitrogens with one attached hydrogen (secondary N) is 1. The second-order valence-corrected chi connectivity index (χ2v) is 5.42. The summed E-state index contributed by atoms with van der Waals surface area (Å²) < 4.78 is 13.1. The van der Waals surface area contributed by atoms with Gasteiger partial charge in [0.25, 0.3) is 5.91 Å². The van der Waals surface area contributed by atoms with Crippen molar-refractivity contribution in [2.45, 2.75) is 19.4 Å². The zero-order chi connectivity index (χ0) is 13.8. The van der Waals surface area contributed by atoms with E-state index >= 15 is 0 Å². The van der Waals surface area contributed by atoms with Crippen molar-refractivity contribution >= 4 is 22.9 Å². The Labute approximate surface area is 115 Å². The van der Waals surface area contributed by atoms with Crippen LogP contribution in [0, 0.1) is 5.82 Å². The van der Waals surface area contributed by atoms with Gasteiger partial charge in [-0.15, -0.1) is 11.3 Å². The highest BCUT2D eigenvalue weighted by molar-refractivity contribution is 7.09. The van der Waals surface area contributed by atoms with Crippen LogP contribution in [-0.4, -0.2) is 11.9 Å². The maximum absolute atomic E-state index is 13.1. The van der Waals surface area contributed by atoms with Crippen molar-refractivity contribution in [2.75, 3.05) is 5.73 Å². The predicted octanol–water partition coefficient (Wildman–Crippen LogP) is 2.83. The minimum Gasteiger partial charge on any atom is -0.398 e. The molecule has 5 heteroatoms. The first kappa shape index (κ1) is 13.5. The quantitative estimate of drug-likeness (QED) is 0.845. The third-order valence-electron chi connectivity index (χ3n) is 2.72. The Hall–Kier alpha value is -1.88. The lowest BCUT2D eigenvalue weighted by Crippen LogP contribution is -2.34.